The number of carbonyl (C=O) groups is 1. The van der Waals surface area contributed by atoms with Gasteiger partial charge in [0, 0.05) is 30.7 Å². The standard InChI is InChI=1S/C22H27N5O/c1-15(2)27-21-19(14-24-27)18(13-16(3)25-21)22(28)26-12-6-4-5-7-20(26)17-8-10-23-11-9-17/h8-11,13-15,20H,4-7,12H2,1-3H3. The van der Waals surface area contributed by atoms with Crippen LogP contribution in [0.1, 0.15) is 73.2 Å². The molecule has 1 aliphatic heterocycles. The van der Waals surface area contributed by atoms with E-state index in [9.17, 15) is 4.79 Å². The molecule has 1 amide bonds. The molecule has 0 saturated carbocycles. The Morgan fingerprint density at radius 3 is 2.71 bits per heavy atom. The van der Waals surface area contributed by atoms with Crippen LogP contribution in [0.25, 0.3) is 11.0 Å². The summed E-state index contributed by atoms with van der Waals surface area (Å²) in [5, 5.41) is 5.33. The van der Waals surface area contributed by atoms with Crippen molar-refractivity contribution in [2.75, 3.05) is 6.54 Å². The van der Waals surface area contributed by atoms with Gasteiger partial charge in [0.1, 0.15) is 0 Å². The quantitative estimate of drug-likeness (QED) is 0.675. The Bertz CT molecular complexity index is 979. The highest BCUT2D eigenvalue weighted by atomic mass is 16.2. The van der Waals surface area contributed by atoms with E-state index in [1.807, 2.05) is 47.1 Å². The van der Waals surface area contributed by atoms with Crippen LogP contribution in [0.15, 0.2) is 36.8 Å². The third-order valence-electron chi connectivity index (χ3n) is 5.52. The Morgan fingerprint density at radius 2 is 1.96 bits per heavy atom. The number of hydrogen-bond donors (Lipinski definition) is 0. The third kappa shape index (κ3) is 3.39. The lowest BCUT2D eigenvalue weighted by atomic mass is 10.0. The number of carbonyl (C=O) groups excluding carboxylic acids is 1. The molecule has 6 heteroatoms. The van der Waals surface area contributed by atoms with Crippen LogP contribution in [0, 0.1) is 6.92 Å². The van der Waals surface area contributed by atoms with Crippen LogP contribution in [0.3, 0.4) is 0 Å². The van der Waals surface area contributed by atoms with Crippen LogP contribution < -0.4 is 0 Å². The summed E-state index contributed by atoms with van der Waals surface area (Å²) in [6.45, 7) is 6.86. The van der Waals surface area contributed by atoms with Gasteiger partial charge in [-0.1, -0.05) is 12.8 Å². The van der Waals surface area contributed by atoms with Crippen molar-refractivity contribution in [3.63, 3.8) is 0 Å². The van der Waals surface area contributed by atoms with Gasteiger partial charge >= 0.3 is 0 Å². The van der Waals surface area contributed by atoms with E-state index in [2.05, 4.69) is 28.9 Å². The molecule has 0 N–H and O–H groups in total. The molecule has 0 spiro atoms. The number of pyridine rings is 2. The second-order valence-electron chi connectivity index (χ2n) is 7.88. The van der Waals surface area contributed by atoms with Crippen molar-refractivity contribution in [2.24, 2.45) is 0 Å². The second-order valence-corrected chi connectivity index (χ2v) is 7.88. The number of aromatic nitrogens is 4. The molecule has 6 nitrogen and oxygen atoms in total. The van der Waals surface area contributed by atoms with Gasteiger partial charge in [0.2, 0.25) is 0 Å². The van der Waals surface area contributed by atoms with E-state index in [-0.39, 0.29) is 18.0 Å². The van der Waals surface area contributed by atoms with E-state index in [1.54, 1.807) is 6.20 Å². The second kappa shape index (κ2) is 7.70. The molecule has 1 fully saturated rings. The summed E-state index contributed by atoms with van der Waals surface area (Å²) >= 11 is 0. The van der Waals surface area contributed by atoms with Gasteiger partial charge in [0.25, 0.3) is 5.91 Å². The number of hydrogen-bond acceptors (Lipinski definition) is 4. The van der Waals surface area contributed by atoms with Crippen molar-refractivity contribution in [3.05, 3.63) is 53.6 Å². The van der Waals surface area contributed by atoms with Crippen molar-refractivity contribution in [2.45, 2.75) is 58.5 Å². The predicted octanol–water partition coefficient (Wildman–Crippen LogP) is 4.47. The lowest BCUT2D eigenvalue weighted by Crippen LogP contribution is -2.35. The van der Waals surface area contributed by atoms with Gasteiger partial charge < -0.3 is 4.90 Å². The van der Waals surface area contributed by atoms with Crippen LogP contribution in [-0.2, 0) is 0 Å². The maximum Gasteiger partial charge on any atom is 0.255 e. The van der Waals surface area contributed by atoms with Gasteiger partial charge in [-0.15, -0.1) is 0 Å². The summed E-state index contributed by atoms with van der Waals surface area (Å²) in [6.07, 6.45) is 9.71. The van der Waals surface area contributed by atoms with Crippen LogP contribution in [0.5, 0.6) is 0 Å². The smallest absolute Gasteiger partial charge is 0.255 e. The van der Waals surface area contributed by atoms with Gasteiger partial charge in [0.05, 0.1) is 23.2 Å². The molecule has 1 aliphatic rings. The van der Waals surface area contributed by atoms with E-state index in [1.165, 1.54) is 0 Å². The Labute approximate surface area is 165 Å². The highest BCUT2D eigenvalue weighted by molar-refractivity contribution is 6.05. The number of rotatable bonds is 3. The first-order valence-electron chi connectivity index (χ1n) is 10.1. The molecular weight excluding hydrogens is 350 g/mol. The maximum atomic E-state index is 13.7. The molecular formula is C22H27N5O. The largest absolute Gasteiger partial charge is 0.332 e. The number of fused-ring (bicyclic) bond motifs is 1. The molecule has 4 heterocycles. The average Bonchev–Trinajstić information content (AvgIpc) is 2.96. The summed E-state index contributed by atoms with van der Waals surface area (Å²) < 4.78 is 1.89. The van der Waals surface area contributed by atoms with Crippen molar-refractivity contribution in [1.82, 2.24) is 24.6 Å². The van der Waals surface area contributed by atoms with E-state index >= 15 is 0 Å². The average molecular weight is 377 g/mol. The Hall–Kier alpha value is -2.76. The van der Waals surface area contributed by atoms with E-state index in [0.717, 1.165) is 54.5 Å². The molecule has 28 heavy (non-hydrogen) atoms. The Balaban J connectivity index is 1.79. The van der Waals surface area contributed by atoms with Crippen molar-refractivity contribution in [3.8, 4) is 0 Å². The molecule has 0 radical (unpaired) electrons. The summed E-state index contributed by atoms with van der Waals surface area (Å²) in [5.41, 5.74) is 3.49. The SMILES string of the molecule is Cc1cc(C(=O)N2CCCCCC2c2ccncc2)c2cnn(C(C)C)c2n1. The van der Waals surface area contributed by atoms with Crippen LogP contribution in [0.4, 0.5) is 0 Å². The van der Waals surface area contributed by atoms with Crippen molar-refractivity contribution < 1.29 is 4.79 Å². The molecule has 3 aromatic rings. The highest BCUT2D eigenvalue weighted by Crippen LogP contribution is 2.32. The zero-order valence-corrected chi connectivity index (χ0v) is 16.8. The van der Waals surface area contributed by atoms with Crippen LogP contribution in [-0.4, -0.2) is 37.1 Å². The normalized spacial score (nSPS) is 17.9. The first-order chi connectivity index (χ1) is 13.6. The lowest BCUT2D eigenvalue weighted by molar-refractivity contribution is 0.0682. The fraction of sp³-hybridized carbons (Fsp3) is 0.455. The Kier molecular flexibility index (Phi) is 5.11. The number of aryl methyl sites for hydroxylation is 1. The maximum absolute atomic E-state index is 13.7. The molecule has 0 aromatic carbocycles. The van der Waals surface area contributed by atoms with Gasteiger partial charge in [-0.3, -0.25) is 9.78 Å². The molecule has 1 unspecified atom stereocenters. The summed E-state index contributed by atoms with van der Waals surface area (Å²) in [6, 6.07) is 6.24. The lowest BCUT2D eigenvalue weighted by Gasteiger charge is -2.30. The summed E-state index contributed by atoms with van der Waals surface area (Å²) in [5.74, 6) is 0.0718. The number of likely N-dealkylation sites (tertiary alicyclic amines) is 1. The van der Waals surface area contributed by atoms with Gasteiger partial charge in [-0.05, 0) is 57.4 Å². The van der Waals surface area contributed by atoms with Crippen molar-refractivity contribution in [1.29, 1.82) is 0 Å². The van der Waals surface area contributed by atoms with Gasteiger partial charge in [-0.2, -0.15) is 5.10 Å². The van der Waals surface area contributed by atoms with Gasteiger partial charge in [-0.25, -0.2) is 9.67 Å². The summed E-state index contributed by atoms with van der Waals surface area (Å²) in [7, 11) is 0. The number of amides is 1. The molecule has 4 rings (SSSR count). The first-order valence-corrected chi connectivity index (χ1v) is 10.1. The monoisotopic (exact) mass is 377 g/mol. The molecule has 1 saturated heterocycles. The topological polar surface area (TPSA) is 63.9 Å². The van der Waals surface area contributed by atoms with Gasteiger partial charge in [0.15, 0.2) is 5.65 Å². The molecule has 0 bridgehead atoms. The highest BCUT2D eigenvalue weighted by Gasteiger charge is 2.29. The Morgan fingerprint density at radius 1 is 1.18 bits per heavy atom. The minimum atomic E-state index is 0.0718. The van der Waals surface area contributed by atoms with E-state index in [4.69, 9.17) is 0 Å². The molecule has 146 valence electrons. The van der Waals surface area contributed by atoms with E-state index < -0.39 is 0 Å². The molecule has 0 aliphatic carbocycles. The molecule has 1 atom stereocenters. The van der Waals surface area contributed by atoms with Crippen LogP contribution in [0.2, 0.25) is 0 Å². The fourth-order valence-corrected chi connectivity index (χ4v) is 4.14. The van der Waals surface area contributed by atoms with E-state index in [0.29, 0.717) is 5.56 Å². The zero-order valence-electron chi connectivity index (χ0n) is 16.8. The first kappa shape index (κ1) is 18.6. The predicted molar refractivity (Wildman–Crippen MR) is 109 cm³/mol. The fourth-order valence-electron chi connectivity index (χ4n) is 4.14. The minimum Gasteiger partial charge on any atom is -0.332 e. The number of nitrogens with zero attached hydrogens (tertiary/aromatic N) is 5. The zero-order chi connectivity index (χ0) is 19.7. The molecule has 3 aromatic heterocycles. The van der Waals surface area contributed by atoms with Crippen molar-refractivity contribution >= 4 is 16.9 Å². The third-order valence-corrected chi connectivity index (χ3v) is 5.52. The van der Waals surface area contributed by atoms with Crippen LogP contribution >= 0.6 is 0 Å². The minimum absolute atomic E-state index is 0.0718. The summed E-state index contributed by atoms with van der Waals surface area (Å²) in [4.78, 5) is 24.6.